The standard InChI is InChI=1S/C15H25O4P/c1-4-17-15(18-5-2)12-13-20(16,19-6-3)14-10-8-7-9-11-14/h7-11,15H,4-6,12-13H2,1-3H3/t20-/m1/s1. The first-order valence-electron chi connectivity index (χ1n) is 7.18. The molecule has 1 aromatic carbocycles. The van der Waals surface area contributed by atoms with Crippen molar-refractivity contribution in [1.29, 1.82) is 0 Å². The molecule has 1 rings (SSSR count). The van der Waals surface area contributed by atoms with E-state index in [1.165, 1.54) is 0 Å². The minimum Gasteiger partial charge on any atom is -0.353 e. The maximum absolute atomic E-state index is 13.0. The third-order valence-corrected chi connectivity index (χ3v) is 5.46. The van der Waals surface area contributed by atoms with Gasteiger partial charge in [-0.25, -0.2) is 0 Å². The average molecular weight is 300 g/mol. The van der Waals surface area contributed by atoms with Crippen LogP contribution in [0.3, 0.4) is 0 Å². The number of benzene rings is 1. The molecule has 1 atom stereocenters. The van der Waals surface area contributed by atoms with Gasteiger partial charge in [0.2, 0.25) is 7.37 Å². The Labute approximate surface area is 121 Å². The zero-order valence-electron chi connectivity index (χ0n) is 12.6. The number of hydrogen-bond donors (Lipinski definition) is 0. The van der Waals surface area contributed by atoms with E-state index in [-0.39, 0.29) is 6.29 Å². The average Bonchev–Trinajstić information content (AvgIpc) is 2.47. The van der Waals surface area contributed by atoms with E-state index < -0.39 is 7.37 Å². The van der Waals surface area contributed by atoms with Gasteiger partial charge in [-0.2, -0.15) is 0 Å². The fourth-order valence-corrected chi connectivity index (χ4v) is 4.12. The fraction of sp³-hybridized carbons (Fsp3) is 0.600. The van der Waals surface area contributed by atoms with Gasteiger partial charge in [0.1, 0.15) is 0 Å². The minimum atomic E-state index is -2.83. The molecule has 0 amide bonds. The van der Waals surface area contributed by atoms with Gasteiger partial charge in [-0.3, -0.25) is 4.57 Å². The van der Waals surface area contributed by atoms with Crippen molar-refractivity contribution in [2.24, 2.45) is 0 Å². The van der Waals surface area contributed by atoms with Crippen LogP contribution in [0.5, 0.6) is 0 Å². The molecule has 20 heavy (non-hydrogen) atoms. The predicted molar refractivity (Wildman–Crippen MR) is 81.8 cm³/mol. The summed E-state index contributed by atoms with van der Waals surface area (Å²) < 4.78 is 29.5. The van der Waals surface area contributed by atoms with Crippen molar-refractivity contribution in [3.05, 3.63) is 30.3 Å². The summed E-state index contributed by atoms with van der Waals surface area (Å²) in [6.07, 6.45) is 0.672. The molecule has 0 aromatic heterocycles. The quantitative estimate of drug-likeness (QED) is 0.490. The normalized spacial score (nSPS) is 14.4. The van der Waals surface area contributed by atoms with Crippen molar-refractivity contribution in [3.63, 3.8) is 0 Å². The van der Waals surface area contributed by atoms with E-state index in [0.717, 1.165) is 5.30 Å². The summed E-state index contributed by atoms with van der Waals surface area (Å²) in [6, 6.07) is 9.37. The molecule has 0 aliphatic heterocycles. The number of ether oxygens (including phenoxy) is 2. The first-order valence-corrected chi connectivity index (χ1v) is 8.99. The smallest absolute Gasteiger partial charge is 0.232 e. The zero-order valence-corrected chi connectivity index (χ0v) is 13.5. The lowest BCUT2D eigenvalue weighted by Crippen LogP contribution is -2.21. The van der Waals surface area contributed by atoms with Gasteiger partial charge in [0.05, 0.1) is 6.61 Å². The molecule has 0 aliphatic carbocycles. The second-order valence-electron chi connectivity index (χ2n) is 4.28. The zero-order chi connectivity index (χ0) is 14.8. The van der Waals surface area contributed by atoms with Crippen LogP contribution in [0.1, 0.15) is 27.2 Å². The highest BCUT2D eigenvalue weighted by Crippen LogP contribution is 2.46. The number of hydrogen-bond acceptors (Lipinski definition) is 4. The summed E-state index contributed by atoms with van der Waals surface area (Å²) in [5.41, 5.74) is 0. The van der Waals surface area contributed by atoms with Gasteiger partial charge < -0.3 is 14.0 Å². The van der Waals surface area contributed by atoms with E-state index in [4.69, 9.17) is 14.0 Å². The monoisotopic (exact) mass is 300 g/mol. The second-order valence-corrected chi connectivity index (χ2v) is 6.85. The molecule has 0 saturated carbocycles. The van der Waals surface area contributed by atoms with E-state index in [9.17, 15) is 4.57 Å². The van der Waals surface area contributed by atoms with Crippen molar-refractivity contribution < 1.29 is 18.6 Å². The Bertz CT molecular complexity index is 402. The molecule has 0 heterocycles. The lowest BCUT2D eigenvalue weighted by molar-refractivity contribution is -0.136. The van der Waals surface area contributed by atoms with Gasteiger partial charge in [-0.1, -0.05) is 18.2 Å². The van der Waals surface area contributed by atoms with Crippen LogP contribution in [-0.2, 0) is 18.6 Å². The molecule has 5 heteroatoms. The molecular weight excluding hydrogens is 275 g/mol. The van der Waals surface area contributed by atoms with E-state index in [0.29, 0.717) is 32.4 Å². The summed E-state index contributed by atoms with van der Waals surface area (Å²) >= 11 is 0. The summed E-state index contributed by atoms with van der Waals surface area (Å²) in [6.45, 7) is 7.29. The second kappa shape index (κ2) is 9.30. The Kier molecular flexibility index (Phi) is 8.08. The molecular formula is C15H25O4P. The van der Waals surface area contributed by atoms with E-state index in [2.05, 4.69) is 0 Å². The third-order valence-electron chi connectivity index (χ3n) is 2.85. The first kappa shape index (κ1) is 17.4. The van der Waals surface area contributed by atoms with Crippen LogP contribution in [0, 0.1) is 0 Å². The van der Waals surface area contributed by atoms with Gasteiger partial charge in [0.25, 0.3) is 0 Å². The van der Waals surface area contributed by atoms with E-state index in [1.54, 1.807) is 0 Å². The third kappa shape index (κ3) is 5.37. The highest BCUT2D eigenvalue weighted by molar-refractivity contribution is 7.67. The minimum absolute atomic E-state index is 0.317. The molecule has 0 fully saturated rings. The first-order chi connectivity index (χ1) is 9.66. The van der Waals surface area contributed by atoms with Crippen molar-refractivity contribution >= 4 is 12.7 Å². The number of rotatable bonds is 10. The summed E-state index contributed by atoms with van der Waals surface area (Å²) in [4.78, 5) is 0. The maximum atomic E-state index is 13.0. The van der Waals surface area contributed by atoms with E-state index in [1.807, 2.05) is 51.1 Å². The van der Waals surface area contributed by atoms with Crippen LogP contribution >= 0.6 is 7.37 Å². The van der Waals surface area contributed by atoms with Crippen LogP contribution in [0.4, 0.5) is 0 Å². The van der Waals surface area contributed by atoms with Crippen molar-refractivity contribution in [3.8, 4) is 0 Å². The molecule has 0 saturated heterocycles. The molecule has 0 radical (unpaired) electrons. The largest absolute Gasteiger partial charge is 0.353 e. The summed E-state index contributed by atoms with van der Waals surface area (Å²) in [5, 5.41) is 0.758. The van der Waals surface area contributed by atoms with E-state index >= 15 is 0 Å². The lowest BCUT2D eigenvalue weighted by Gasteiger charge is -2.22. The van der Waals surface area contributed by atoms with Crippen LogP contribution in [0.25, 0.3) is 0 Å². The van der Waals surface area contributed by atoms with Gasteiger partial charge >= 0.3 is 0 Å². The fourth-order valence-electron chi connectivity index (χ4n) is 1.99. The lowest BCUT2D eigenvalue weighted by atomic mass is 10.4. The molecule has 0 unspecified atom stereocenters. The Morgan fingerprint density at radius 3 is 2.10 bits per heavy atom. The van der Waals surface area contributed by atoms with Gasteiger partial charge in [-0.15, -0.1) is 0 Å². The molecule has 0 aliphatic rings. The predicted octanol–water partition coefficient (Wildman–Crippen LogP) is 3.42. The maximum Gasteiger partial charge on any atom is 0.232 e. The highest BCUT2D eigenvalue weighted by atomic mass is 31.2. The van der Waals surface area contributed by atoms with Crippen molar-refractivity contribution in [2.75, 3.05) is 26.0 Å². The Morgan fingerprint density at radius 2 is 1.60 bits per heavy atom. The molecule has 0 spiro atoms. The topological polar surface area (TPSA) is 44.8 Å². The van der Waals surface area contributed by atoms with Gasteiger partial charge in [0, 0.05) is 31.1 Å². The summed E-state index contributed by atoms with van der Waals surface area (Å²) in [5.74, 6) is 0. The Hall–Kier alpha value is -0.670. The summed E-state index contributed by atoms with van der Waals surface area (Å²) in [7, 11) is -2.83. The van der Waals surface area contributed by atoms with Gasteiger partial charge in [-0.05, 0) is 32.9 Å². The molecule has 0 N–H and O–H groups in total. The molecule has 4 nitrogen and oxygen atoms in total. The Balaban J connectivity index is 2.74. The van der Waals surface area contributed by atoms with Crippen LogP contribution < -0.4 is 5.30 Å². The SMILES string of the molecule is CCOC(CC[P@@](=O)(OCC)c1ccccc1)OCC. The highest BCUT2D eigenvalue weighted by Gasteiger charge is 2.26. The van der Waals surface area contributed by atoms with Crippen LogP contribution in [-0.4, -0.2) is 32.3 Å². The van der Waals surface area contributed by atoms with Crippen molar-refractivity contribution in [1.82, 2.24) is 0 Å². The van der Waals surface area contributed by atoms with Gasteiger partial charge in [0.15, 0.2) is 6.29 Å². The molecule has 114 valence electrons. The molecule has 0 bridgehead atoms. The van der Waals surface area contributed by atoms with Crippen molar-refractivity contribution in [2.45, 2.75) is 33.5 Å². The Morgan fingerprint density at radius 1 is 1.00 bits per heavy atom. The molecule has 1 aromatic rings. The van der Waals surface area contributed by atoms with Crippen LogP contribution in [0.15, 0.2) is 30.3 Å². The van der Waals surface area contributed by atoms with Crippen LogP contribution in [0.2, 0.25) is 0 Å².